The predicted octanol–water partition coefficient (Wildman–Crippen LogP) is 4.15. The van der Waals surface area contributed by atoms with E-state index in [4.69, 9.17) is 27.9 Å². The molecule has 1 N–H and O–H groups in total. The SMILES string of the molecule is CNC(=O)[C@@H](Cc1ccccc1)N(Cc1cccc(OC)c1)C(=O)CN(c1cccc(Cl)c1Cl)S(C)(=O)=O. The van der Waals surface area contributed by atoms with Crippen LogP contribution in [0.15, 0.2) is 72.8 Å². The van der Waals surface area contributed by atoms with Gasteiger partial charge in [0.2, 0.25) is 21.8 Å². The van der Waals surface area contributed by atoms with E-state index in [9.17, 15) is 18.0 Å². The summed E-state index contributed by atoms with van der Waals surface area (Å²) in [6.07, 6.45) is 1.19. The monoisotopic (exact) mass is 577 g/mol. The summed E-state index contributed by atoms with van der Waals surface area (Å²) in [5.41, 5.74) is 1.60. The third kappa shape index (κ3) is 7.40. The molecule has 0 fully saturated rings. The molecule has 0 saturated heterocycles. The van der Waals surface area contributed by atoms with Gasteiger partial charge in [0.1, 0.15) is 18.3 Å². The van der Waals surface area contributed by atoms with Crippen LogP contribution in [0.25, 0.3) is 0 Å². The molecule has 8 nitrogen and oxygen atoms in total. The Morgan fingerprint density at radius 2 is 1.63 bits per heavy atom. The van der Waals surface area contributed by atoms with Crippen LogP contribution in [0, 0.1) is 0 Å². The quantitative estimate of drug-likeness (QED) is 0.369. The molecule has 3 aromatic rings. The molecule has 0 unspecified atom stereocenters. The highest BCUT2D eigenvalue weighted by atomic mass is 35.5. The van der Waals surface area contributed by atoms with Crippen LogP contribution in [0.2, 0.25) is 10.0 Å². The summed E-state index contributed by atoms with van der Waals surface area (Å²) in [4.78, 5) is 28.4. The van der Waals surface area contributed by atoms with Gasteiger partial charge in [0.15, 0.2) is 0 Å². The first-order valence-corrected chi connectivity index (χ1v) is 14.2. The number of carbonyl (C=O) groups excluding carboxylic acids is 2. The van der Waals surface area contributed by atoms with Gasteiger partial charge in [-0.2, -0.15) is 0 Å². The van der Waals surface area contributed by atoms with Crippen molar-refractivity contribution >= 4 is 50.7 Å². The minimum atomic E-state index is -3.96. The summed E-state index contributed by atoms with van der Waals surface area (Å²) >= 11 is 12.5. The van der Waals surface area contributed by atoms with E-state index >= 15 is 0 Å². The third-order valence-corrected chi connectivity index (χ3v) is 7.82. The number of rotatable bonds is 11. The van der Waals surface area contributed by atoms with Crippen LogP contribution >= 0.6 is 23.2 Å². The third-order valence-electron chi connectivity index (χ3n) is 5.88. The van der Waals surface area contributed by atoms with E-state index < -0.39 is 34.4 Å². The van der Waals surface area contributed by atoms with E-state index in [2.05, 4.69) is 5.32 Å². The van der Waals surface area contributed by atoms with E-state index in [1.165, 1.54) is 31.2 Å². The van der Waals surface area contributed by atoms with Crippen LogP contribution in [0.4, 0.5) is 5.69 Å². The maximum Gasteiger partial charge on any atom is 0.244 e. The Hall–Kier alpha value is -3.27. The van der Waals surface area contributed by atoms with Gasteiger partial charge in [-0.25, -0.2) is 8.42 Å². The number of benzene rings is 3. The number of ether oxygens (including phenoxy) is 1. The van der Waals surface area contributed by atoms with E-state index in [-0.39, 0.29) is 28.7 Å². The number of methoxy groups -OCH3 is 1. The van der Waals surface area contributed by atoms with Crippen molar-refractivity contribution in [2.24, 2.45) is 0 Å². The number of carbonyl (C=O) groups is 2. The summed E-state index contributed by atoms with van der Waals surface area (Å²) in [7, 11) is -0.937. The van der Waals surface area contributed by atoms with Crippen molar-refractivity contribution in [3.8, 4) is 5.75 Å². The molecule has 0 aliphatic carbocycles. The van der Waals surface area contributed by atoms with Gasteiger partial charge in [0.25, 0.3) is 0 Å². The molecule has 0 aliphatic heterocycles. The number of hydrogen-bond acceptors (Lipinski definition) is 5. The van der Waals surface area contributed by atoms with Crippen molar-refractivity contribution in [3.05, 3.63) is 94.0 Å². The first kappa shape index (κ1) is 29.3. The molecule has 0 radical (unpaired) electrons. The molecule has 0 aliphatic rings. The largest absolute Gasteiger partial charge is 0.497 e. The lowest BCUT2D eigenvalue weighted by Gasteiger charge is -2.33. The molecule has 2 amide bonds. The lowest BCUT2D eigenvalue weighted by Crippen LogP contribution is -2.52. The van der Waals surface area contributed by atoms with Crippen LogP contribution in [0.1, 0.15) is 11.1 Å². The average Bonchev–Trinajstić information content (AvgIpc) is 2.90. The summed E-state index contributed by atoms with van der Waals surface area (Å²) in [5.74, 6) is -0.409. The highest BCUT2D eigenvalue weighted by Gasteiger charge is 2.33. The molecule has 1 atom stereocenters. The van der Waals surface area contributed by atoms with Gasteiger partial charge in [0.05, 0.1) is 29.1 Å². The van der Waals surface area contributed by atoms with Crippen molar-refractivity contribution in [1.29, 1.82) is 0 Å². The van der Waals surface area contributed by atoms with Crippen LogP contribution in [0.5, 0.6) is 5.75 Å². The van der Waals surface area contributed by atoms with Gasteiger partial charge in [-0.05, 0) is 35.4 Å². The summed E-state index contributed by atoms with van der Waals surface area (Å²) < 4.78 is 31.8. The lowest BCUT2D eigenvalue weighted by molar-refractivity contribution is -0.139. The molecule has 0 heterocycles. The fraction of sp³-hybridized carbons (Fsp3) is 0.259. The minimum Gasteiger partial charge on any atom is -0.497 e. The standard InChI is InChI=1S/C27H29Cl2N3O5S/c1-30-27(34)24(16-19-9-5-4-6-10-19)31(17-20-11-7-12-21(15-20)37-2)25(33)18-32(38(3,35)36)23-14-8-13-22(28)26(23)29/h4-15,24H,16-18H2,1-3H3,(H,30,34)/t24-/m1/s1. The van der Waals surface area contributed by atoms with Gasteiger partial charge in [-0.15, -0.1) is 0 Å². The minimum absolute atomic E-state index is 0.00104. The molecule has 202 valence electrons. The van der Waals surface area contributed by atoms with E-state index in [0.29, 0.717) is 11.3 Å². The number of hydrogen-bond donors (Lipinski definition) is 1. The molecule has 38 heavy (non-hydrogen) atoms. The van der Waals surface area contributed by atoms with Crippen LogP contribution in [-0.4, -0.2) is 58.1 Å². The van der Waals surface area contributed by atoms with Crippen molar-refractivity contribution in [2.45, 2.75) is 19.0 Å². The molecule has 0 bridgehead atoms. The fourth-order valence-electron chi connectivity index (χ4n) is 3.97. The maximum absolute atomic E-state index is 13.9. The number of sulfonamides is 1. The highest BCUT2D eigenvalue weighted by molar-refractivity contribution is 7.92. The summed E-state index contributed by atoms with van der Waals surface area (Å²) in [6, 6.07) is 20.0. The van der Waals surface area contributed by atoms with Crippen molar-refractivity contribution in [3.63, 3.8) is 0 Å². The second kappa shape index (κ2) is 13.0. The zero-order chi connectivity index (χ0) is 27.9. The molecule has 11 heteroatoms. The number of likely N-dealkylation sites (N-methyl/N-ethyl adjacent to an activating group) is 1. The first-order valence-electron chi connectivity index (χ1n) is 11.6. The van der Waals surface area contributed by atoms with Crippen LogP contribution < -0.4 is 14.4 Å². The summed E-state index contributed by atoms with van der Waals surface area (Å²) in [5, 5.41) is 2.78. The topological polar surface area (TPSA) is 96.0 Å². The predicted molar refractivity (Wildman–Crippen MR) is 150 cm³/mol. The smallest absolute Gasteiger partial charge is 0.244 e. The maximum atomic E-state index is 13.9. The summed E-state index contributed by atoms with van der Waals surface area (Å²) in [6.45, 7) is -0.563. The normalized spacial score (nSPS) is 11.9. The molecule has 3 rings (SSSR count). The zero-order valence-electron chi connectivity index (χ0n) is 21.2. The number of nitrogens with one attached hydrogen (secondary N) is 1. The van der Waals surface area contributed by atoms with Gasteiger partial charge in [0, 0.05) is 20.0 Å². The Morgan fingerprint density at radius 3 is 2.26 bits per heavy atom. The number of halogens is 2. The Morgan fingerprint density at radius 1 is 0.974 bits per heavy atom. The Bertz CT molecular complexity index is 1390. The Labute approximate surface area is 233 Å². The number of anilines is 1. The van der Waals surface area contributed by atoms with Crippen molar-refractivity contribution in [1.82, 2.24) is 10.2 Å². The van der Waals surface area contributed by atoms with Gasteiger partial charge in [-0.3, -0.25) is 13.9 Å². The second-order valence-electron chi connectivity index (χ2n) is 8.54. The van der Waals surface area contributed by atoms with Crippen LogP contribution in [-0.2, 0) is 32.6 Å². The zero-order valence-corrected chi connectivity index (χ0v) is 23.6. The van der Waals surface area contributed by atoms with Crippen molar-refractivity contribution in [2.75, 3.05) is 31.3 Å². The molecule has 0 aromatic heterocycles. The number of amides is 2. The van der Waals surface area contributed by atoms with Crippen molar-refractivity contribution < 1.29 is 22.7 Å². The molecule has 0 saturated carbocycles. The molecular formula is C27H29Cl2N3O5S. The molecule has 0 spiro atoms. The number of nitrogens with zero attached hydrogens (tertiary/aromatic N) is 2. The van der Waals surface area contributed by atoms with Gasteiger partial charge >= 0.3 is 0 Å². The average molecular weight is 579 g/mol. The van der Waals surface area contributed by atoms with E-state index in [1.54, 1.807) is 30.3 Å². The highest BCUT2D eigenvalue weighted by Crippen LogP contribution is 2.34. The van der Waals surface area contributed by atoms with Gasteiger partial charge in [-0.1, -0.05) is 71.7 Å². The molecular weight excluding hydrogens is 549 g/mol. The van der Waals surface area contributed by atoms with E-state index in [0.717, 1.165) is 16.1 Å². The Kier molecular flexibility index (Phi) is 10.0. The lowest BCUT2D eigenvalue weighted by atomic mass is 10.0. The van der Waals surface area contributed by atoms with E-state index in [1.807, 2.05) is 30.3 Å². The second-order valence-corrected chi connectivity index (χ2v) is 11.2. The van der Waals surface area contributed by atoms with Gasteiger partial charge < -0.3 is 15.0 Å². The first-order chi connectivity index (χ1) is 18.0. The fourth-order valence-corrected chi connectivity index (χ4v) is 5.27. The Balaban J connectivity index is 2.06. The van der Waals surface area contributed by atoms with Crippen LogP contribution in [0.3, 0.4) is 0 Å². The molecule has 3 aromatic carbocycles.